The predicted molar refractivity (Wildman–Crippen MR) is 212 cm³/mol. The molecule has 0 bridgehead atoms. The average Bonchev–Trinajstić information content (AvgIpc) is 3.69. The summed E-state index contributed by atoms with van der Waals surface area (Å²) >= 11 is 1.64. The number of thiophene rings is 1. The Hall–Kier alpha value is -6.20. The predicted octanol–water partition coefficient (Wildman–Crippen LogP) is 9.12. The normalized spacial score (nSPS) is 14.9. The van der Waals surface area contributed by atoms with Crippen molar-refractivity contribution >= 4 is 56.5 Å². The Morgan fingerprint density at radius 2 is 1.40 bits per heavy atom. The van der Waals surface area contributed by atoms with Crippen LogP contribution in [-0.2, 0) is 13.1 Å². The van der Waals surface area contributed by atoms with Gasteiger partial charge in [0.1, 0.15) is 35.8 Å². The smallest absolute Gasteiger partial charge is 0.232 e. The van der Waals surface area contributed by atoms with Crippen LogP contribution in [-0.4, -0.2) is 39.6 Å². The summed E-state index contributed by atoms with van der Waals surface area (Å²) in [6.45, 7) is 7.17. The Bertz CT molecular complexity index is 2420. The van der Waals surface area contributed by atoms with Crippen LogP contribution in [0, 0.1) is 13.8 Å². The summed E-state index contributed by atoms with van der Waals surface area (Å²) in [5.41, 5.74) is 8.19. The Balaban J connectivity index is 0.974. The van der Waals surface area contributed by atoms with Gasteiger partial charge in [0.15, 0.2) is 0 Å². The second kappa shape index (κ2) is 14.1. The molecule has 4 aromatic carbocycles. The summed E-state index contributed by atoms with van der Waals surface area (Å²) in [5.74, 6) is 4.58. The first-order valence-electron chi connectivity index (χ1n) is 17.8. The van der Waals surface area contributed by atoms with Gasteiger partial charge < -0.3 is 29.9 Å². The molecular weight excluding hydrogens is 681 g/mol. The van der Waals surface area contributed by atoms with Crippen molar-refractivity contribution in [1.82, 2.24) is 19.9 Å². The van der Waals surface area contributed by atoms with E-state index in [2.05, 4.69) is 99.5 Å². The molecule has 3 aromatic heterocycles. The molecule has 2 aliphatic rings. The molecule has 0 aliphatic carbocycles. The van der Waals surface area contributed by atoms with E-state index in [1.165, 1.54) is 5.56 Å². The zero-order chi connectivity index (χ0) is 35.7. The highest BCUT2D eigenvalue weighted by Gasteiger charge is 2.30. The minimum atomic E-state index is -0.244. The third kappa shape index (κ3) is 6.55. The Morgan fingerprint density at radius 1 is 0.698 bits per heavy atom. The van der Waals surface area contributed by atoms with Crippen LogP contribution >= 0.6 is 11.3 Å². The summed E-state index contributed by atoms with van der Waals surface area (Å²) in [7, 11) is 0. The summed E-state index contributed by atoms with van der Waals surface area (Å²) in [4.78, 5) is 24.3. The molecule has 7 aromatic rings. The molecule has 11 heteroatoms. The van der Waals surface area contributed by atoms with Crippen LogP contribution in [0.2, 0.25) is 0 Å². The lowest BCUT2D eigenvalue weighted by atomic mass is 10.0. The molecule has 0 saturated carbocycles. The van der Waals surface area contributed by atoms with Crippen molar-refractivity contribution in [3.8, 4) is 11.5 Å². The standard InChI is InChI=1S/C42H38N8O2S/c1-27-28(2)45-41(47-39(27)43-24-29-11-4-3-5-12-29)50-26-37(52-36-18-9-7-16-34(36)50)31-14-10-13-30(23-31)25-44-40-38-32(19-22-53-38)46-42(48-40)49-20-21-51-35-17-8-6-15-33(35)49/h3-19,22-23,37H,20-21,24-26H2,1-2H3,(H,43,45,47)(H,44,46,48). The van der Waals surface area contributed by atoms with Crippen LogP contribution in [0.4, 0.5) is 34.9 Å². The molecule has 2 N–H and O–H groups in total. The van der Waals surface area contributed by atoms with E-state index in [-0.39, 0.29) is 6.10 Å². The van der Waals surface area contributed by atoms with E-state index in [0.29, 0.717) is 44.7 Å². The molecule has 53 heavy (non-hydrogen) atoms. The number of hydrogen-bond acceptors (Lipinski definition) is 11. The Kier molecular flexibility index (Phi) is 8.68. The van der Waals surface area contributed by atoms with Crippen molar-refractivity contribution in [3.63, 3.8) is 0 Å². The fourth-order valence-electron chi connectivity index (χ4n) is 6.84. The summed E-state index contributed by atoms with van der Waals surface area (Å²) in [5, 5.41) is 9.26. The quantitative estimate of drug-likeness (QED) is 0.150. The van der Waals surface area contributed by atoms with Gasteiger partial charge in [0.25, 0.3) is 0 Å². The lowest BCUT2D eigenvalue weighted by Crippen LogP contribution is -2.33. The number of benzene rings is 4. The van der Waals surface area contributed by atoms with Crippen LogP contribution in [0.15, 0.2) is 115 Å². The van der Waals surface area contributed by atoms with E-state index in [1.807, 2.05) is 49.4 Å². The third-order valence-electron chi connectivity index (χ3n) is 9.74. The van der Waals surface area contributed by atoms with Crippen molar-refractivity contribution in [2.45, 2.75) is 33.0 Å². The maximum atomic E-state index is 6.67. The minimum absolute atomic E-state index is 0.244. The fraction of sp³-hybridized carbons (Fsp3) is 0.190. The van der Waals surface area contributed by atoms with Gasteiger partial charge in [0.05, 0.1) is 34.7 Å². The molecule has 0 spiro atoms. The van der Waals surface area contributed by atoms with Crippen molar-refractivity contribution in [1.29, 1.82) is 0 Å². The van der Waals surface area contributed by atoms with Gasteiger partial charge in [-0.05, 0) is 66.2 Å². The van der Waals surface area contributed by atoms with Crippen molar-refractivity contribution in [3.05, 3.63) is 143 Å². The van der Waals surface area contributed by atoms with E-state index in [9.17, 15) is 0 Å². The number of rotatable bonds is 9. The summed E-state index contributed by atoms with van der Waals surface area (Å²) in [6, 6.07) is 37.1. The first-order chi connectivity index (χ1) is 26.1. The highest BCUT2D eigenvalue weighted by Crippen LogP contribution is 2.42. The van der Waals surface area contributed by atoms with Gasteiger partial charge in [-0.25, -0.2) is 9.97 Å². The van der Waals surface area contributed by atoms with Gasteiger partial charge in [-0.1, -0.05) is 78.9 Å². The molecule has 0 radical (unpaired) electrons. The highest BCUT2D eigenvalue weighted by molar-refractivity contribution is 7.17. The van der Waals surface area contributed by atoms with Crippen LogP contribution in [0.25, 0.3) is 10.2 Å². The molecule has 1 atom stereocenters. The Morgan fingerprint density at radius 3 is 2.26 bits per heavy atom. The van der Waals surface area contributed by atoms with Gasteiger partial charge in [0, 0.05) is 24.3 Å². The number of aromatic nitrogens is 4. The zero-order valence-electron chi connectivity index (χ0n) is 29.5. The number of anilines is 6. The topological polar surface area (TPSA) is 101 Å². The molecule has 0 fully saturated rings. The van der Waals surface area contributed by atoms with Gasteiger partial charge in [-0.3, -0.25) is 0 Å². The molecule has 0 amide bonds. The number of aryl methyl sites for hydroxylation is 1. The van der Waals surface area contributed by atoms with Gasteiger partial charge >= 0.3 is 0 Å². The minimum Gasteiger partial charge on any atom is -0.490 e. The Labute approximate surface area is 312 Å². The number of nitrogens with one attached hydrogen (secondary N) is 2. The zero-order valence-corrected chi connectivity index (χ0v) is 30.3. The molecule has 2 aliphatic heterocycles. The van der Waals surface area contributed by atoms with Crippen molar-refractivity contribution in [2.75, 3.05) is 40.1 Å². The number of nitrogens with zero attached hydrogens (tertiary/aromatic N) is 6. The highest BCUT2D eigenvalue weighted by atomic mass is 32.1. The lowest BCUT2D eigenvalue weighted by Gasteiger charge is -2.35. The van der Waals surface area contributed by atoms with E-state index in [4.69, 9.17) is 29.4 Å². The molecule has 0 saturated heterocycles. The number of fused-ring (bicyclic) bond motifs is 3. The second-order valence-electron chi connectivity index (χ2n) is 13.2. The second-order valence-corrected chi connectivity index (χ2v) is 14.1. The molecular formula is C42H38N8O2S. The first kappa shape index (κ1) is 32.7. The van der Waals surface area contributed by atoms with Crippen LogP contribution < -0.4 is 29.9 Å². The fourth-order valence-corrected chi connectivity index (χ4v) is 7.64. The van der Waals surface area contributed by atoms with Gasteiger partial charge in [0.2, 0.25) is 11.9 Å². The van der Waals surface area contributed by atoms with E-state index < -0.39 is 0 Å². The average molecular weight is 719 g/mol. The number of para-hydroxylation sites is 4. The van der Waals surface area contributed by atoms with Gasteiger partial charge in [-0.2, -0.15) is 9.97 Å². The van der Waals surface area contributed by atoms with Crippen LogP contribution in [0.5, 0.6) is 11.5 Å². The first-order valence-corrected chi connectivity index (χ1v) is 18.7. The molecule has 1 unspecified atom stereocenters. The molecule has 5 heterocycles. The van der Waals surface area contributed by atoms with Gasteiger partial charge in [-0.15, -0.1) is 11.3 Å². The van der Waals surface area contributed by atoms with Crippen LogP contribution in [0.1, 0.15) is 34.1 Å². The van der Waals surface area contributed by atoms with E-state index in [0.717, 1.165) is 67.1 Å². The van der Waals surface area contributed by atoms with Crippen LogP contribution in [0.3, 0.4) is 0 Å². The summed E-state index contributed by atoms with van der Waals surface area (Å²) in [6.07, 6.45) is -0.244. The maximum absolute atomic E-state index is 6.67. The molecule has 9 rings (SSSR count). The molecule has 10 nitrogen and oxygen atoms in total. The monoisotopic (exact) mass is 718 g/mol. The van der Waals surface area contributed by atoms with Crippen molar-refractivity contribution in [2.24, 2.45) is 0 Å². The number of hydrogen-bond donors (Lipinski definition) is 2. The number of ether oxygens (including phenoxy) is 2. The largest absolute Gasteiger partial charge is 0.490 e. The lowest BCUT2D eigenvalue weighted by molar-refractivity contribution is 0.201. The van der Waals surface area contributed by atoms with Crippen molar-refractivity contribution < 1.29 is 9.47 Å². The maximum Gasteiger partial charge on any atom is 0.232 e. The van der Waals surface area contributed by atoms with E-state index >= 15 is 0 Å². The van der Waals surface area contributed by atoms with E-state index in [1.54, 1.807) is 11.3 Å². The third-order valence-corrected chi connectivity index (χ3v) is 10.7. The SMILES string of the molecule is Cc1nc(N2CC(c3cccc(CNc4nc(N5CCOc6ccccc65)nc5ccsc45)c3)Oc3ccccc32)nc(NCc2ccccc2)c1C. The summed E-state index contributed by atoms with van der Waals surface area (Å²) < 4.78 is 13.6. The molecule has 264 valence electrons.